The van der Waals surface area contributed by atoms with E-state index in [1.54, 1.807) is 24.3 Å². The molecule has 2 aromatic rings. The van der Waals surface area contributed by atoms with E-state index in [0.29, 0.717) is 11.3 Å². The molecule has 0 aliphatic carbocycles. The van der Waals surface area contributed by atoms with Gasteiger partial charge in [-0.15, -0.1) is 0 Å². The lowest BCUT2D eigenvalue weighted by molar-refractivity contribution is -0.137. The number of nitrogens with one attached hydrogen (secondary N) is 2. The molecule has 0 spiro atoms. The Balaban J connectivity index is 1.66. The van der Waals surface area contributed by atoms with Gasteiger partial charge in [-0.05, 0) is 29.8 Å². The zero-order valence-electron chi connectivity index (χ0n) is 16.4. The first-order chi connectivity index (χ1) is 14.7. The Kier molecular flexibility index (Phi) is 6.33. The molecule has 0 aromatic heterocycles. The van der Waals surface area contributed by atoms with Crippen molar-refractivity contribution in [2.45, 2.75) is 19.0 Å². The SMILES string of the molecule is CNC(=O)C1=C(C(=O)Nc2ccc(CC(=O)c3cccc(C(F)(F)F)c3)cc2)CC=N1. The number of nitrogens with zero attached hydrogens (tertiary/aromatic N) is 1. The van der Waals surface area contributed by atoms with Gasteiger partial charge in [-0.3, -0.25) is 19.4 Å². The summed E-state index contributed by atoms with van der Waals surface area (Å²) in [5.74, 6) is -1.38. The minimum atomic E-state index is -4.52. The maximum Gasteiger partial charge on any atom is 0.416 e. The maximum absolute atomic E-state index is 12.8. The van der Waals surface area contributed by atoms with E-state index >= 15 is 0 Å². The minimum Gasteiger partial charge on any atom is -0.354 e. The molecular formula is C22H18F3N3O3. The molecule has 2 aromatic carbocycles. The van der Waals surface area contributed by atoms with E-state index in [1.165, 1.54) is 25.4 Å². The summed E-state index contributed by atoms with van der Waals surface area (Å²) >= 11 is 0. The normalized spacial score (nSPS) is 13.3. The van der Waals surface area contributed by atoms with Crippen LogP contribution in [0, 0.1) is 0 Å². The summed E-state index contributed by atoms with van der Waals surface area (Å²) in [6.45, 7) is 0. The predicted molar refractivity (Wildman–Crippen MR) is 109 cm³/mol. The second-order valence-corrected chi connectivity index (χ2v) is 6.75. The smallest absolute Gasteiger partial charge is 0.354 e. The van der Waals surface area contributed by atoms with Gasteiger partial charge in [-0.1, -0.05) is 24.3 Å². The zero-order valence-corrected chi connectivity index (χ0v) is 16.4. The molecule has 160 valence electrons. The fraction of sp³-hybridized carbons (Fsp3) is 0.182. The fourth-order valence-corrected chi connectivity index (χ4v) is 2.99. The molecule has 31 heavy (non-hydrogen) atoms. The first-order valence-corrected chi connectivity index (χ1v) is 9.27. The molecule has 1 aliphatic rings. The highest BCUT2D eigenvalue weighted by Gasteiger charge is 2.30. The standard InChI is InChI=1S/C22H18F3N3O3/c1-26-21(31)19-17(9-10-27-19)20(30)28-16-7-5-13(6-8-16)11-18(29)14-3-2-4-15(12-14)22(23,24)25/h2-8,10,12H,9,11H2,1H3,(H,26,31)(H,28,30). The highest BCUT2D eigenvalue weighted by atomic mass is 19.4. The number of rotatable bonds is 6. The molecule has 0 saturated carbocycles. The average Bonchev–Trinajstić information content (AvgIpc) is 3.24. The Morgan fingerprint density at radius 2 is 1.74 bits per heavy atom. The van der Waals surface area contributed by atoms with E-state index in [9.17, 15) is 27.6 Å². The molecule has 0 atom stereocenters. The number of alkyl halides is 3. The van der Waals surface area contributed by atoms with Crippen LogP contribution in [0.1, 0.15) is 27.9 Å². The van der Waals surface area contributed by atoms with E-state index < -0.39 is 29.3 Å². The summed E-state index contributed by atoms with van der Waals surface area (Å²) < 4.78 is 38.5. The summed E-state index contributed by atoms with van der Waals surface area (Å²) in [7, 11) is 1.44. The quantitative estimate of drug-likeness (QED) is 0.689. The van der Waals surface area contributed by atoms with Gasteiger partial charge in [0.05, 0.1) is 11.1 Å². The first-order valence-electron chi connectivity index (χ1n) is 9.27. The van der Waals surface area contributed by atoms with Crippen LogP contribution in [0.5, 0.6) is 0 Å². The summed E-state index contributed by atoms with van der Waals surface area (Å²) in [5.41, 5.74) is 0.414. The number of hydrogen-bond acceptors (Lipinski definition) is 4. The van der Waals surface area contributed by atoms with Gasteiger partial charge in [0, 0.05) is 37.4 Å². The molecule has 1 heterocycles. The highest BCUT2D eigenvalue weighted by Crippen LogP contribution is 2.29. The number of halogens is 3. The van der Waals surface area contributed by atoms with Crippen LogP contribution in [0.15, 0.2) is 64.8 Å². The molecule has 6 nitrogen and oxygen atoms in total. The van der Waals surface area contributed by atoms with Crippen molar-refractivity contribution in [3.63, 3.8) is 0 Å². The number of aliphatic imine (C=N–C) groups is 1. The first kappa shape index (κ1) is 21.9. The maximum atomic E-state index is 12.8. The lowest BCUT2D eigenvalue weighted by Gasteiger charge is -2.09. The number of carbonyl (C=O) groups is 3. The molecule has 3 rings (SSSR count). The van der Waals surface area contributed by atoms with E-state index in [2.05, 4.69) is 15.6 Å². The summed E-state index contributed by atoms with van der Waals surface area (Å²) in [6.07, 6.45) is -2.90. The third kappa shape index (κ3) is 5.25. The van der Waals surface area contributed by atoms with Crippen LogP contribution in [-0.4, -0.2) is 30.9 Å². The Morgan fingerprint density at radius 3 is 2.39 bits per heavy atom. The topological polar surface area (TPSA) is 87.6 Å². The van der Waals surface area contributed by atoms with Gasteiger partial charge in [-0.2, -0.15) is 13.2 Å². The van der Waals surface area contributed by atoms with Gasteiger partial charge in [0.1, 0.15) is 5.70 Å². The molecule has 0 unspecified atom stereocenters. The molecule has 1 aliphatic heterocycles. The Labute approximate surface area is 175 Å². The number of hydrogen-bond donors (Lipinski definition) is 2. The van der Waals surface area contributed by atoms with Crippen molar-refractivity contribution in [3.8, 4) is 0 Å². The number of ketones is 1. The van der Waals surface area contributed by atoms with Crippen molar-refractivity contribution >= 4 is 29.5 Å². The molecule has 2 N–H and O–H groups in total. The van der Waals surface area contributed by atoms with Crippen molar-refractivity contribution < 1.29 is 27.6 Å². The number of anilines is 1. The average molecular weight is 429 g/mol. The van der Waals surface area contributed by atoms with Gasteiger partial charge in [0.25, 0.3) is 11.8 Å². The van der Waals surface area contributed by atoms with E-state index in [1.807, 2.05) is 0 Å². The predicted octanol–water partition coefficient (Wildman–Crippen LogP) is 3.54. The van der Waals surface area contributed by atoms with E-state index in [-0.39, 0.29) is 29.7 Å². The van der Waals surface area contributed by atoms with Crippen LogP contribution in [0.4, 0.5) is 18.9 Å². The second kappa shape index (κ2) is 8.95. The van der Waals surface area contributed by atoms with Crippen LogP contribution in [-0.2, 0) is 22.2 Å². The zero-order chi connectivity index (χ0) is 22.6. The Hall–Kier alpha value is -3.75. The van der Waals surface area contributed by atoms with Crippen LogP contribution in [0.3, 0.4) is 0 Å². The Morgan fingerprint density at radius 1 is 1.03 bits per heavy atom. The summed E-state index contributed by atoms with van der Waals surface area (Å²) in [6, 6.07) is 10.6. The largest absolute Gasteiger partial charge is 0.416 e. The van der Waals surface area contributed by atoms with Gasteiger partial charge in [0.2, 0.25) is 0 Å². The molecule has 0 bridgehead atoms. The van der Waals surface area contributed by atoms with Crippen molar-refractivity contribution in [2.75, 3.05) is 12.4 Å². The van der Waals surface area contributed by atoms with Crippen LogP contribution >= 0.6 is 0 Å². The summed E-state index contributed by atoms with van der Waals surface area (Å²) in [4.78, 5) is 40.5. The lowest BCUT2D eigenvalue weighted by atomic mass is 10.0. The number of carbonyl (C=O) groups excluding carboxylic acids is 3. The lowest BCUT2D eigenvalue weighted by Crippen LogP contribution is -2.23. The Bertz CT molecular complexity index is 1090. The second-order valence-electron chi connectivity index (χ2n) is 6.75. The van der Waals surface area contributed by atoms with E-state index in [0.717, 1.165) is 12.1 Å². The molecule has 0 fully saturated rings. The van der Waals surface area contributed by atoms with E-state index in [4.69, 9.17) is 0 Å². The molecule has 0 radical (unpaired) electrons. The number of Topliss-reactive ketones (excluding diaryl/α,β-unsaturated/α-hetero) is 1. The van der Waals surface area contributed by atoms with Crippen molar-refractivity contribution in [3.05, 3.63) is 76.5 Å². The molecular weight excluding hydrogens is 411 g/mol. The third-order valence-electron chi connectivity index (χ3n) is 4.61. The molecule has 0 saturated heterocycles. The van der Waals surface area contributed by atoms with Crippen molar-refractivity contribution in [1.82, 2.24) is 5.32 Å². The van der Waals surface area contributed by atoms with Crippen molar-refractivity contribution in [2.24, 2.45) is 4.99 Å². The van der Waals surface area contributed by atoms with Gasteiger partial charge < -0.3 is 10.6 Å². The van der Waals surface area contributed by atoms with Gasteiger partial charge in [0.15, 0.2) is 5.78 Å². The fourth-order valence-electron chi connectivity index (χ4n) is 2.99. The number of likely N-dealkylation sites (N-methyl/N-ethyl adjacent to an activating group) is 1. The molecule has 2 amide bonds. The van der Waals surface area contributed by atoms with Gasteiger partial charge >= 0.3 is 6.18 Å². The van der Waals surface area contributed by atoms with Crippen LogP contribution < -0.4 is 10.6 Å². The highest BCUT2D eigenvalue weighted by molar-refractivity contribution is 6.13. The van der Waals surface area contributed by atoms with Crippen LogP contribution in [0.25, 0.3) is 0 Å². The van der Waals surface area contributed by atoms with Crippen molar-refractivity contribution in [1.29, 1.82) is 0 Å². The van der Waals surface area contributed by atoms with Gasteiger partial charge in [-0.25, -0.2) is 0 Å². The number of amides is 2. The summed E-state index contributed by atoms with van der Waals surface area (Å²) in [5, 5.41) is 5.08. The number of benzene rings is 2. The van der Waals surface area contributed by atoms with Crippen LogP contribution in [0.2, 0.25) is 0 Å². The monoisotopic (exact) mass is 429 g/mol. The molecule has 9 heteroatoms. The minimum absolute atomic E-state index is 0.0258. The third-order valence-corrected chi connectivity index (χ3v) is 4.61.